The van der Waals surface area contributed by atoms with Crippen LogP contribution in [0.4, 0.5) is 0 Å². The Hall–Kier alpha value is -2.67. The first-order valence-corrected chi connectivity index (χ1v) is 10.8. The summed E-state index contributed by atoms with van der Waals surface area (Å²) in [5.74, 6) is -2.58. The fourth-order valence-electron chi connectivity index (χ4n) is 4.91. The Balaban J connectivity index is 2.11. The van der Waals surface area contributed by atoms with Gasteiger partial charge in [-0.05, 0) is 32.3 Å². The van der Waals surface area contributed by atoms with Gasteiger partial charge in [-0.15, -0.1) is 0 Å². The van der Waals surface area contributed by atoms with Gasteiger partial charge in [0.1, 0.15) is 6.04 Å². The van der Waals surface area contributed by atoms with Gasteiger partial charge in [-0.2, -0.15) is 0 Å². The molecular formula is C24H33N3O4. The zero-order valence-electron chi connectivity index (χ0n) is 18.8. The molecule has 1 saturated heterocycles. The molecule has 3 amide bonds. The lowest BCUT2D eigenvalue weighted by Crippen LogP contribution is -2.53. The van der Waals surface area contributed by atoms with Crippen LogP contribution in [-0.4, -0.2) is 53.0 Å². The van der Waals surface area contributed by atoms with Crippen molar-refractivity contribution in [1.82, 2.24) is 15.5 Å². The van der Waals surface area contributed by atoms with Crippen LogP contribution in [-0.2, 0) is 14.4 Å². The molecule has 0 aromatic heterocycles. The normalized spacial score (nSPS) is 28.8. The number of aliphatic hydroxyl groups excluding tert-OH is 1. The molecule has 7 heteroatoms. The fourth-order valence-corrected chi connectivity index (χ4v) is 4.91. The first kappa shape index (κ1) is 23.0. The van der Waals surface area contributed by atoms with E-state index in [2.05, 4.69) is 10.6 Å². The summed E-state index contributed by atoms with van der Waals surface area (Å²) >= 11 is 0. The quantitative estimate of drug-likeness (QED) is 0.622. The van der Waals surface area contributed by atoms with E-state index in [0.717, 1.165) is 5.56 Å². The van der Waals surface area contributed by atoms with Crippen molar-refractivity contribution in [3.05, 3.63) is 48.0 Å². The van der Waals surface area contributed by atoms with E-state index in [4.69, 9.17) is 0 Å². The maximum atomic E-state index is 13.8. The number of benzene rings is 1. The number of allylic oxidation sites excluding steroid dienone is 1. The number of carbonyl (C=O) groups is 3. The summed E-state index contributed by atoms with van der Waals surface area (Å²) in [6, 6.07) is 7.72. The fraction of sp³-hybridized carbons (Fsp3) is 0.542. The van der Waals surface area contributed by atoms with E-state index in [0.29, 0.717) is 0 Å². The van der Waals surface area contributed by atoms with Crippen LogP contribution in [0.2, 0.25) is 0 Å². The van der Waals surface area contributed by atoms with E-state index in [-0.39, 0.29) is 30.2 Å². The number of amides is 3. The van der Waals surface area contributed by atoms with Gasteiger partial charge in [0, 0.05) is 18.5 Å². The number of carbonyl (C=O) groups excluding carboxylic acids is 3. The van der Waals surface area contributed by atoms with Crippen molar-refractivity contribution >= 4 is 17.7 Å². The van der Waals surface area contributed by atoms with E-state index in [1.807, 2.05) is 70.2 Å². The third-order valence-corrected chi connectivity index (χ3v) is 6.22. The second kappa shape index (κ2) is 8.83. The molecule has 0 spiro atoms. The molecule has 3 N–H and O–H groups in total. The summed E-state index contributed by atoms with van der Waals surface area (Å²) in [5.41, 5.74) is 0.260. The molecule has 0 saturated carbocycles. The number of fused-ring (bicyclic) bond motifs is 1. The van der Waals surface area contributed by atoms with E-state index < -0.39 is 35.4 Å². The molecule has 1 aromatic rings. The van der Waals surface area contributed by atoms with Crippen LogP contribution in [0.25, 0.3) is 0 Å². The summed E-state index contributed by atoms with van der Waals surface area (Å²) in [6.07, 6.45) is 3.82. The van der Waals surface area contributed by atoms with Gasteiger partial charge in [-0.3, -0.25) is 14.4 Å². The van der Waals surface area contributed by atoms with Crippen molar-refractivity contribution in [3.63, 3.8) is 0 Å². The molecule has 6 atom stereocenters. The van der Waals surface area contributed by atoms with Crippen molar-refractivity contribution in [3.8, 4) is 0 Å². The molecule has 1 aliphatic carbocycles. The minimum absolute atomic E-state index is 0.138. The number of hydrogen-bond donors (Lipinski definition) is 3. The lowest BCUT2D eigenvalue weighted by atomic mass is 9.70. The lowest BCUT2D eigenvalue weighted by Gasteiger charge is -2.35. The van der Waals surface area contributed by atoms with Gasteiger partial charge < -0.3 is 20.6 Å². The van der Waals surface area contributed by atoms with Crippen LogP contribution in [0, 0.1) is 23.7 Å². The second-order valence-electron chi connectivity index (χ2n) is 9.53. The lowest BCUT2D eigenvalue weighted by molar-refractivity contribution is -0.143. The topological polar surface area (TPSA) is 98.7 Å². The van der Waals surface area contributed by atoms with E-state index in [1.54, 1.807) is 7.05 Å². The van der Waals surface area contributed by atoms with Gasteiger partial charge in [0.15, 0.2) is 0 Å². The zero-order valence-corrected chi connectivity index (χ0v) is 18.8. The minimum atomic E-state index is -0.815. The van der Waals surface area contributed by atoms with Gasteiger partial charge in [0.05, 0.1) is 24.5 Å². The van der Waals surface area contributed by atoms with Crippen LogP contribution >= 0.6 is 0 Å². The first-order valence-electron chi connectivity index (χ1n) is 10.8. The molecule has 1 fully saturated rings. The Bertz CT molecular complexity index is 861. The smallest absolute Gasteiger partial charge is 0.243 e. The van der Waals surface area contributed by atoms with Crippen molar-refractivity contribution in [2.75, 3.05) is 13.7 Å². The molecule has 31 heavy (non-hydrogen) atoms. The molecule has 1 aromatic carbocycles. The molecule has 7 nitrogen and oxygen atoms in total. The highest BCUT2D eigenvalue weighted by atomic mass is 16.3. The highest BCUT2D eigenvalue weighted by Crippen LogP contribution is 2.46. The Morgan fingerprint density at radius 2 is 1.77 bits per heavy atom. The van der Waals surface area contributed by atoms with E-state index >= 15 is 0 Å². The molecule has 2 aliphatic rings. The van der Waals surface area contributed by atoms with Crippen LogP contribution in [0.1, 0.15) is 39.3 Å². The average molecular weight is 428 g/mol. The third-order valence-electron chi connectivity index (χ3n) is 6.22. The Labute approximate surface area is 183 Å². The standard InChI is InChI=1S/C24H33N3O4/c1-14-11-12-16-19(18(14)21(29)25-5)23(31)27(20(16)22(30)26-24(2,3)4)17(13-28)15-9-7-6-8-10-15/h6-12,14,16-20,28H,13H2,1-5H3,(H,25,29)(H,26,30)/t14-,16+,17-,18-,19+,20+/m1/s1. The number of nitrogens with one attached hydrogen (secondary N) is 2. The van der Waals surface area contributed by atoms with Crippen molar-refractivity contribution in [1.29, 1.82) is 0 Å². The van der Waals surface area contributed by atoms with Gasteiger partial charge in [-0.1, -0.05) is 49.4 Å². The number of likely N-dealkylation sites (tertiary alicyclic amines) is 1. The minimum Gasteiger partial charge on any atom is -0.394 e. The van der Waals surface area contributed by atoms with Crippen LogP contribution in [0.3, 0.4) is 0 Å². The van der Waals surface area contributed by atoms with E-state index in [1.165, 1.54) is 4.90 Å². The number of aliphatic hydroxyl groups is 1. The highest BCUT2D eigenvalue weighted by molar-refractivity contribution is 5.97. The summed E-state index contributed by atoms with van der Waals surface area (Å²) in [4.78, 5) is 41.4. The molecule has 0 bridgehead atoms. The number of nitrogens with zero attached hydrogens (tertiary/aromatic N) is 1. The summed E-state index contributed by atoms with van der Waals surface area (Å²) < 4.78 is 0. The average Bonchev–Trinajstić information content (AvgIpc) is 3.00. The largest absolute Gasteiger partial charge is 0.394 e. The van der Waals surface area contributed by atoms with Crippen LogP contribution in [0.15, 0.2) is 42.5 Å². The van der Waals surface area contributed by atoms with Gasteiger partial charge in [-0.25, -0.2) is 0 Å². The number of hydrogen-bond acceptors (Lipinski definition) is 4. The predicted octanol–water partition coefficient (Wildman–Crippen LogP) is 1.65. The second-order valence-corrected chi connectivity index (χ2v) is 9.53. The van der Waals surface area contributed by atoms with Crippen molar-refractivity contribution in [2.45, 2.75) is 45.3 Å². The maximum Gasteiger partial charge on any atom is 0.243 e. The Kier molecular flexibility index (Phi) is 6.55. The highest BCUT2D eigenvalue weighted by Gasteiger charge is 2.58. The Morgan fingerprint density at radius 3 is 2.32 bits per heavy atom. The maximum absolute atomic E-state index is 13.8. The summed E-state index contributed by atoms with van der Waals surface area (Å²) in [7, 11) is 1.56. The van der Waals surface area contributed by atoms with E-state index in [9.17, 15) is 19.5 Å². The monoisotopic (exact) mass is 427 g/mol. The molecule has 1 aliphatic heterocycles. The predicted molar refractivity (Wildman–Crippen MR) is 118 cm³/mol. The first-order chi connectivity index (χ1) is 14.6. The summed E-state index contributed by atoms with van der Waals surface area (Å²) in [5, 5.41) is 15.9. The van der Waals surface area contributed by atoms with Gasteiger partial charge in [0.25, 0.3) is 0 Å². The Morgan fingerprint density at radius 1 is 1.13 bits per heavy atom. The van der Waals surface area contributed by atoms with Gasteiger partial charge in [0.2, 0.25) is 17.7 Å². The molecule has 168 valence electrons. The number of rotatable bonds is 5. The molecule has 1 heterocycles. The third kappa shape index (κ3) is 4.37. The van der Waals surface area contributed by atoms with Crippen LogP contribution in [0.5, 0.6) is 0 Å². The molecule has 0 radical (unpaired) electrons. The summed E-state index contributed by atoms with van der Waals surface area (Å²) in [6.45, 7) is 7.24. The molecular weight excluding hydrogens is 394 g/mol. The zero-order chi connectivity index (χ0) is 22.9. The van der Waals surface area contributed by atoms with Gasteiger partial charge >= 0.3 is 0 Å². The van der Waals surface area contributed by atoms with Crippen molar-refractivity contribution in [2.24, 2.45) is 23.7 Å². The molecule has 0 unspecified atom stereocenters. The molecule has 3 rings (SSSR count). The van der Waals surface area contributed by atoms with Crippen molar-refractivity contribution < 1.29 is 19.5 Å². The van der Waals surface area contributed by atoms with Crippen LogP contribution < -0.4 is 10.6 Å². The SMILES string of the molecule is CNC(=O)[C@H]1[C@H]2C(=O)N([C@H](CO)c3ccccc3)[C@H](C(=O)NC(C)(C)C)[C@H]2C=C[C@H]1C.